The van der Waals surface area contributed by atoms with Gasteiger partial charge in [-0.15, -0.1) is 0 Å². The summed E-state index contributed by atoms with van der Waals surface area (Å²) in [6, 6.07) is 3.37. The number of nitro benzene ring substituents is 1. The molecule has 0 saturated carbocycles. The molecule has 0 radical (unpaired) electrons. The third-order valence-corrected chi connectivity index (χ3v) is 3.91. The van der Waals surface area contributed by atoms with Crippen LogP contribution in [0.1, 0.15) is 6.92 Å². The maximum Gasteiger partial charge on any atom is 0.282 e. The van der Waals surface area contributed by atoms with Gasteiger partial charge in [0.2, 0.25) is 0 Å². The molecule has 1 heterocycles. The standard InChI is InChI=1S/C13H15ClN4O4/c1-8(17-5-4-15-12(19)7-17)13(20)16-11-6-9(18(21)22)2-3-10(11)14/h2-3,6,8H,4-5,7H2,1H3,(H,15,19)(H,16,20)/p+1/t8-/m1/s1. The van der Waals surface area contributed by atoms with Crippen molar-refractivity contribution < 1.29 is 19.4 Å². The van der Waals surface area contributed by atoms with E-state index < -0.39 is 11.0 Å². The van der Waals surface area contributed by atoms with E-state index in [0.29, 0.717) is 13.1 Å². The average molecular weight is 328 g/mol. The summed E-state index contributed by atoms with van der Waals surface area (Å²) in [6.45, 7) is 3.08. The number of hydrogen-bond acceptors (Lipinski definition) is 4. The number of piperazine rings is 1. The Balaban J connectivity index is 2.09. The highest BCUT2D eigenvalue weighted by molar-refractivity contribution is 6.33. The van der Waals surface area contributed by atoms with E-state index in [9.17, 15) is 19.7 Å². The molecule has 1 aliphatic rings. The van der Waals surface area contributed by atoms with E-state index in [1.54, 1.807) is 6.92 Å². The number of nitro groups is 1. The number of amides is 2. The fraction of sp³-hybridized carbons (Fsp3) is 0.385. The van der Waals surface area contributed by atoms with Crippen LogP contribution in [0.2, 0.25) is 5.02 Å². The minimum absolute atomic E-state index is 0.103. The number of carbonyl (C=O) groups is 2. The Hall–Kier alpha value is -2.19. The summed E-state index contributed by atoms with van der Waals surface area (Å²) in [5.74, 6) is -0.443. The van der Waals surface area contributed by atoms with Gasteiger partial charge in [0.05, 0.1) is 28.7 Å². The van der Waals surface area contributed by atoms with Crippen LogP contribution in [0.3, 0.4) is 0 Å². The molecule has 1 unspecified atom stereocenters. The molecule has 2 rings (SSSR count). The van der Waals surface area contributed by atoms with Gasteiger partial charge in [-0.3, -0.25) is 19.7 Å². The van der Waals surface area contributed by atoms with E-state index in [2.05, 4.69) is 10.6 Å². The lowest BCUT2D eigenvalue weighted by atomic mass is 10.2. The van der Waals surface area contributed by atoms with Crippen LogP contribution in [0.15, 0.2) is 18.2 Å². The average Bonchev–Trinajstić information content (AvgIpc) is 2.48. The van der Waals surface area contributed by atoms with Crippen LogP contribution in [0.25, 0.3) is 0 Å². The van der Waals surface area contributed by atoms with Crippen LogP contribution >= 0.6 is 11.6 Å². The van der Waals surface area contributed by atoms with Gasteiger partial charge in [0.15, 0.2) is 12.6 Å². The largest absolute Gasteiger partial charge is 0.346 e. The normalized spacial score (nSPS) is 19.2. The van der Waals surface area contributed by atoms with Gasteiger partial charge in [-0.2, -0.15) is 0 Å². The van der Waals surface area contributed by atoms with Gasteiger partial charge in [0.25, 0.3) is 17.5 Å². The number of nitrogens with zero attached hydrogens (tertiary/aromatic N) is 1. The van der Waals surface area contributed by atoms with Crippen molar-refractivity contribution in [2.24, 2.45) is 0 Å². The molecule has 8 nitrogen and oxygen atoms in total. The lowest BCUT2D eigenvalue weighted by Crippen LogP contribution is -3.19. The van der Waals surface area contributed by atoms with Crippen LogP contribution in [0, 0.1) is 10.1 Å². The van der Waals surface area contributed by atoms with Gasteiger partial charge in [-0.05, 0) is 13.0 Å². The summed E-state index contributed by atoms with van der Waals surface area (Å²) < 4.78 is 0. The van der Waals surface area contributed by atoms with E-state index in [4.69, 9.17) is 11.6 Å². The highest BCUT2D eigenvalue weighted by Gasteiger charge is 2.30. The summed E-state index contributed by atoms with van der Waals surface area (Å²) in [7, 11) is 0. The topological polar surface area (TPSA) is 106 Å². The van der Waals surface area contributed by atoms with Crippen molar-refractivity contribution in [3.63, 3.8) is 0 Å². The van der Waals surface area contributed by atoms with Crippen molar-refractivity contribution in [1.29, 1.82) is 0 Å². The highest BCUT2D eigenvalue weighted by Crippen LogP contribution is 2.26. The number of carbonyl (C=O) groups excluding carboxylic acids is 2. The first-order chi connectivity index (χ1) is 10.4. The Kier molecular flexibility index (Phi) is 4.94. The van der Waals surface area contributed by atoms with Crippen LogP contribution in [0.4, 0.5) is 11.4 Å². The predicted molar refractivity (Wildman–Crippen MR) is 79.9 cm³/mol. The van der Waals surface area contributed by atoms with Crippen molar-refractivity contribution >= 4 is 34.8 Å². The molecule has 0 bridgehead atoms. The van der Waals surface area contributed by atoms with E-state index >= 15 is 0 Å². The third kappa shape index (κ3) is 3.71. The lowest BCUT2D eigenvalue weighted by molar-refractivity contribution is -0.907. The van der Waals surface area contributed by atoms with E-state index in [-0.39, 0.29) is 34.8 Å². The van der Waals surface area contributed by atoms with Crippen molar-refractivity contribution in [3.8, 4) is 0 Å². The Morgan fingerprint density at radius 1 is 1.55 bits per heavy atom. The SMILES string of the molecule is C[C@H](C(=O)Nc1cc([N+](=O)[O-])ccc1Cl)[NH+]1CCNC(=O)C1. The fourth-order valence-electron chi connectivity index (χ4n) is 2.24. The molecule has 0 aromatic heterocycles. The van der Waals surface area contributed by atoms with Crippen LogP contribution in [-0.2, 0) is 9.59 Å². The second-order valence-corrected chi connectivity index (χ2v) is 5.47. The van der Waals surface area contributed by atoms with Gasteiger partial charge in [0, 0.05) is 12.1 Å². The Bertz CT molecular complexity index is 622. The molecule has 0 spiro atoms. The number of hydrogen-bond donors (Lipinski definition) is 3. The van der Waals surface area contributed by atoms with E-state index in [1.165, 1.54) is 18.2 Å². The number of anilines is 1. The summed E-state index contributed by atoms with van der Waals surface area (Å²) in [5.41, 5.74) is 0.0330. The van der Waals surface area contributed by atoms with E-state index in [0.717, 1.165) is 4.90 Å². The zero-order valence-electron chi connectivity index (χ0n) is 11.9. The molecular weight excluding hydrogens is 312 g/mol. The molecule has 2 amide bonds. The van der Waals surface area contributed by atoms with Crippen LogP contribution < -0.4 is 15.5 Å². The lowest BCUT2D eigenvalue weighted by Gasteiger charge is -2.28. The summed E-state index contributed by atoms with van der Waals surface area (Å²) >= 11 is 5.95. The second-order valence-electron chi connectivity index (χ2n) is 5.07. The van der Waals surface area contributed by atoms with Crippen LogP contribution in [0.5, 0.6) is 0 Å². The first-order valence-corrected chi connectivity index (χ1v) is 7.12. The monoisotopic (exact) mass is 327 g/mol. The van der Waals surface area contributed by atoms with Crippen molar-refractivity contribution in [2.45, 2.75) is 13.0 Å². The van der Waals surface area contributed by atoms with Gasteiger partial charge >= 0.3 is 0 Å². The minimum atomic E-state index is -0.560. The molecule has 1 aliphatic heterocycles. The van der Waals surface area contributed by atoms with Gasteiger partial charge < -0.3 is 15.5 Å². The van der Waals surface area contributed by atoms with Gasteiger partial charge in [-0.25, -0.2) is 0 Å². The molecule has 2 atom stereocenters. The van der Waals surface area contributed by atoms with Crippen molar-refractivity contribution in [2.75, 3.05) is 25.0 Å². The number of nitrogens with one attached hydrogen (secondary N) is 3. The molecule has 1 aromatic carbocycles. The van der Waals surface area contributed by atoms with Crippen molar-refractivity contribution in [1.82, 2.24) is 5.32 Å². The molecule has 1 aromatic rings. The fourth-order valence-corrected chi connectivity index (χ4v) is 2.40. The quantitative estimate of drug-likeness (QED) is 0.516. The molecule has 9 heteroatoms. The third-order valence-electron chi connectivity index (χ3n) is 3.58. The number of benzene rings is 1. The molecule has 22 heavy (non-hydrogen) atoms. The smallest absolute Gasteiger partial charge is 0.282 e. The molecule has 3 N–H and O–H groups in total. The number of halogens is 1. The van der Waals surface area contributed by atoms with Gasteiger partial charge in [0.1, 0.15) is 0 Å². The zero-order valence-corrected chi connectivity index (χ0v) is 12.6. The Morgan fingerprint density at radius 3 is 2.91 bits per heavy atom. The van der Waals surface area contributed by atoms with Crippen molar-refractivity contribution in [3.05, 3.63) is 33.3 Å². The molecular formula is C13H16ClN4O4+. The van der Waals surface area contributed by atoms with Crippen LogP contribution in [-0.4, -0.2) is 42.4 Å². The summed E-state index contributed by atoms with van der Waals surface area (Å²) in [4.78, 5) is 34.7. The highest BCUT2D eigenvalue weighted by atomic mass is 35.5. The number of quaternary nitrogens is 1. The van der Waals surface area contributed by atoms with E-state index in [1.807, 2.05) is 0 Å². The number of non-ortho nitro benzene ring substituents is 1. The molecule has 1 saturated heterocycles. The summed E-state index contributed by atoms with van der Waals surface area (Å²) in [6.07, 6.45) is 0. The first-order valence-electron chi connectivity index (χ1n) is 6.74. The van der Waals surface area contributed by atoms with Gasteiger partial charge in [-0.1, -0.05) is 11.6 Å². The molecule has 0 aliphatic carbocycles. The maximum atomic E-state index is 12.3. The maximum absolute atomic E-state index is 12.3. The predicted octanol–water partition coefficient (Wildman–Crippen LogP) is -0.410. The Labute approximate surface area is 131 Å². The Morgan fingerprint density at radius 2 is 2.27 bits per heavy atom. The first kappa shape index (κ1) is 16.2. The summed E-state index contributed by atoms with van der Waals surface area (Å²) in [5, 5.41) is 16.3. The zero-order chi connectivity index (χ0) is 16.3. The second kappa shape index (κ2) is 6.71. The molecule has 118 valence electrons. The number of rotatable bonds is 4. The minimum Gasteiger partial charge on any atom is -0.346 e. The molecule has 1 fully saturated rings.